The Bertz CT molecular complexity index is 1640. The van der Waals surface area contributed by atoms with Gasteiger partial charge in [0.25, 0.3) is 0 Å². The van der Waals surface area contributed by atoms with Gasteiger partial charge in [-0.1, -0.05) is 42.5 Å². The summed E-state index contributed by atoms with van der Waals surface area (Å²) in [6.07, 6.45) is 4.93. The number of aromatic nitrogens is 4. The van der Waals surface area contributed by atoms with Crippen LogP contribution in [0, 0.1) is 17.2 Å². The maximum atomic E-state index is 13.3. The van der Waals surface area contributed by atoms with Crippen LogP contribution in [-0.4, -0.2) is 32.0 Å². The first kappa shape index (κ1) is 20.4. The van der Waals surface area contributed by atoms with Gasteiger partial charge in [-0.25, -0.2) is 9.97 Å². The SMILES string of the molecule is Cn1c2ccccc2n2c3cnc(N4CCC(Cc5ccccc5)CC4)nc3c(=O)c(C#N)c12. The van der Waals surface area contributed by atoms with E-state index in [0.29, 0.717) is 28.5 Å². The van der Waals surface area contributed by atoms with Crippen LogP contribution >= 0.6 is 0 Å². The van der Waals surface area contributed by atoms with Crippen molar-refractivity contribution in [1.82, 2.24) is 18.9 Å². The Morgan fingerprint density at radius 2 is 1.71 bits per heavy atom. The molecule has 0 atom stereocenters. The topological polar surface area (TPSA) is 79.2 Å². The van der Waals surface area contributed by atoms with Crippen LogP contribution in [-0.2, 0) is 13.5 Å². The van der Waals surface area contributed by atoms with Crippen molar-refractivity contribution >= 4 is 33.7 Å². The smallest absolute Gasteiger partial charge is 0.227 e. The Labute approximate surface area is 196 Å². The standard InChI is InChI=1S/C27H24N6O/c1-31-21-9-5-6-10-22(21)33-23-17-29-27(30-24(23)25(34)20(16-28)26(31)33)32-13-11-19(12-14-32)15-18-7-3-2-4-8-18/h2-10,17,19H,11-15H2,1H3. The third-order valence-corrected chi connectivity index (χ3v) is 7.05. The first-order valence-electron chi connectivity index (χ1n) is 11.6. The Morgan fingerprint density at radius 1 is 1.00 bits per heavy atom. The Balaban J connectivity index is 1.39. The average molecular weight is 449 g/mol. The first-order chi connectivity index (χ1) is 16.7. The van der Waals surface area contributed by atoms with E-state index in [1.807, 2.05) is 40.3 Å². The first-order valence-corrected chi connectivity index (χ1v) is 11.6. The maximum Gasteiger partial charge on any atom is 0.227 e. The second kappa shape index (κ2) is 7.99. The van der Waals surface area contributed by atoms with E-state index in [0.717, 1.165) is 43.4 Å². The molecule has 0 bridgehead atoms. The van der Waals surface area contributed by atoms with Crippen LogP contribution in [0.1, 0.15) is 24.0 Å². The van der Waals surface area contributed by atoms with Gasteiger partial charge in [-0.3, -0.25) is 9.20 Å². The summed E-state index contributed by atoms with van der Waals surface area (Å²) in [5, 5.41) is 9.86. The van der Waals surface area contributed by atoms with E-state index >= 15 is 0 Å². The monoisotopic (exact) mass is 448 g/mol. The fraction of sp³-hybridized carbons (Fsp3) is 0.259. The summed E-state index contributed by atoms with van der Waals surface area (Å²) in [6.45, 7) is 1.71. The van der Waals surface area contributed by atoms with E-state index < -0.39 is 0 Å². The molecule has 6 rings (SSSR count). The highest BCUT2D eigenvalue weighted by Gasteiger charge is 2.24. The Morgan fingerprint density at radius 3 is 2.44 bits per heavy atom. The number of anilines is 1. The predicted octanol–water partition coefficient (Wildman–Crippen LogP) is 4.07. The lowest BCUT2D eigenvalue weighted by Crippen LogP contribution is -2.35. The van der Waals surface area contributed by atoms with Gasteiger partial charge in [0.15, 0.2) is 0 Å². The van der Waals surface area contributed by atoms with Gasteiger partial charge in [0.2, 0.25) is 11.4 Å². The fourth-order valence-corrected chi connectivity index (χ4v) is 5.29. The number of imidazole rings is 1. The maximum absolute atomic E-state index is 13.3. The number of para-hydroxylation sites is 2. The zero-order chi connectivity index (χ0) is 23.2. The van der Waals surface area contributed by atoms with Crippen LogP contribution in [0.5, 0.6) is 0 Å². The van der Waals surface area contributed by atoms with Gasteiger partial charge in [-0.05, 0) is 42.9 Å². The zero-order valence-electron chi connectivity index (χ0n) is 19.0. The van der Waals surface area contributed by atoms with Gasteiger partial charge < -0.3 is 9.47 Å². The molecule has 7 heteroatoms. The number of fused-ring (bicyclic) bond motifs is 5. The molecule has 0 saturated carbocycles. The summed E-state index contributed by atoms with van der Waals surface area (Å²) >= 11 is 0. The molecule has 168 valence electrons. The normalized spacial score (nSPS) is 14.8. The van der Waals surface area contributed by atoms with E-state index in [4.69, 9.17) is 4.98 Å². The van der Waals surface area contributed by atoms with Gasteiger partial charge in [0, 0.05) is 20.1 Å². The summed E-state index contributed by atoms with van der Waals surface area (Å²) < 4.78 is 3.82. The largest absolute Gasteiger partial charge is 0.341 e. The second-order valence-corrected chi connectivity index (χ2v) is 9.05. The molecule has 7 nitrogen and oxygen atoms in total. The van der Waals surface area contributed by atoms with Crippen molar-refractivity contribution < 1.29 is 0 Å². The molecule has 2 aromatic carbocycles. The van der Waals surface area contributed by atoms with Crippen molar-refractivity contribution in [2.24, 2.45) is 13.0 Å². The van der Waals surface area contributed by atoms with Gasteiger partial charge in [0.1, 0.15) is 22.8 Å². The molecule has 0 N–H and O–H groups in total. The highest BCUT2D eigenvalue weighted by Crippen LogP contribution is 2.27. The molecule has 5 aromatic rings. The van der Waals surface area contributed by atoms with Crippen LogP contribution in [0.3, 0.4) is 0 Å². The minimum Gasteiger partial charge on any atom is -0.341 e. The fourth-order valence-electron chi connectivity index (χ4n) is 5.29. The van der Waals surface area contributed by atoms with E-state index in [-0.39, 0.29) is 11.0 Å². The Kier molecular flexibility index (Phi) is 4.80. The van der Waals surface area contributed by atoms with Crippen molar-refractivity contribution in [3.63, 3.8) is 0 Å². The lowest BCUT2D eigenvalue weighted by molar-refractivity contribution is 0.401. The third kappa shape index (κ3) is 3.14. The van der Waals surface area contributed by atoms with Crippen molar-refractivity contribution in [2.45, 2.75) is 19.3 Å². The summed E-state index contributed by atoms with van der Waals surface area (Å²) in [5.41, 5.74) is 4.48. The number of rotatable bonds is 3. The van der Waals surface area contributed by atoms with Crippen LogP contribution in [0.15, 0.2) is 65.6 Å². The number of pyridine rings is 1. The molecule has 0 spiro atoms. The second-order valence-electron chi connectivity index (χ2n) is 9.05. The van der Waals surface area contributed by atoms with E-state index in [9.17, 15) is 10.1 Å². The molecule has 1 fully saturated rings. The molecular formula is C27H24N6O. The molecule has 1 aliphatic rings. The van der Waals surface area contributed by atoms with E-state index in [1.165, 1.54) is 5.56 Å². The quantitative estimate of drug-likeness (QED) is 0.416. The zero-order valence-corrected chi connectivity index (χ0v) is 19.0. The number of aryl methyl sites for hydroxylation is 1. The van der Waals surface area contributed by atoms with Gasteiger partial charge in [-0.2, -0.15) is 5.26 Å². The van der Waals surface area contributed by atoms with Gasteiger partial charge in [-0.15, -0.1) is 0 Å². The molecule has 3 aromatic heterocycles. The van der Waals surface area contributed by atoms with Crippen LogP contribution in [0.25, 0.3) is 27.7 Å². The predicted molar refractivity (Wildman–Crippen MR) is 133 cm³/mol. The molecule has 34 heavy (non-hydrogen) atoms. The minimum atomic E-state index is -0.342. The van der Waals surface area contributed by atoms with Crippen molar-refractivity contribution in [3.05, 3.63) is 82.1 Å². The number of hydrogen-bond acceptors (Lipinski definition) is 5. The summed E-state index contributed by atoms with van der Waals surface area (Å²) in [6, 6.07) is 20.6. The van der Waals surface area contributed by atoms with E-state index in [2.05, 4.69) is 46.3 Å². The van der Waals surface area contributed by atoms with Crippen molar-refractivity contribution in [1.29, 1.82) is 5.26 Å². The minimum absolute atomic E-state index is 0.109. The molecule has 1 saturated heterocycles. The Hall–Kier alpha value is -4.18. The van der Waals surface area contributed by atoms with Crippen LogP contribution < -0.4 is 10.3 Å². The molecule has 0 amide bonds. The summed E-state index contributed by atoms with van der Waals surface area (Å²) in [5.74, 6) is 1.19. The van der Waals surface area contributed by atoms with Crippen LogP contribution in [0.4, 0.5) is 5.95 Å². The number of nitriles is 1. The van der Waals surface area contributed by atoms with Gasteiger partial charge >= 0.3 is 0 Å². The number of piperidine rings is 1. The van der Waals surface area contributed by atoms with Crippen molar-refractivity contribution in [3.8, 4) is 6.07 Å². The van der Waals surface area contributed by atoms with Crippen LogP contribution in [0.2, 0.25) is 0 Å². The van der Waals surface area contributed by atoms with E-state index in [1.54, 1.807) is 6.20 Å². The molecule has 0 unspecified atom stereocenters. The number of nitrogens with zero attached hydrogens (tertiary/aromatic N) is 6. The number of benzene rings is 2. The third-order valence-electron chi connectivity index (χ3n) is 7.05. The molecule has 4 heterocycles. The highest BCUT2D eigenvalue weighted by molar-refractivity contribution is 5.92. The summed E-state index contributed by atoms with van der Waals surface area (Å²) in [4.78, 5) is 24.9. The molecular weight excluding hydrogens is 424 g/mol. The lowest BCUT2D eigenvalue weighted by atomic mass is 9.90. The molecule has 1 aliphatic heterocycles. The highest BCUT2D eigenvalue weighted by atomic mass is 16.1. The lowest BCUT2D eigenvalue weighted by Gasteiger charge is -2.32. The average Bonchev–Trinajstić information content (AvgIpc) is 3.18. The molecule has 0 radical (unpaired) electrons. The number of hydrogen-bond donors (Lipinski definition) is 0. The van der Waals surface area contributed by atoms with Crippen molar-refractivity contribution in [2.75, 3.05) is 18.0 Å². The summed E-state index contributed by atoms with van der Waals surface area (Å²) in [7, 11) is 1.87. The van der Waals surface area contributed by atoms with Gasteiger partial charge in [0.05, 0.1) is 22.7 Å². The molecule has 0 aliphatic carbocycles.